The molecule has 0 radical (unpaired) electrons. The molecule has 0 spiro atoms. The second kappa shape index (κ2) is 7.70. The first kappa shape index (κ1) is 15.4. The van der Waals surface area contributed by atoms with Crippen LogP contribution in [-0.2, 0) is 0 Å². The molecule has 110 valence electrons. The molecule has 1 aromatic rings. The lowest BCUT2D eigenvalue weighted by Crippen LogP contribution is -2.25. The molecular formula is C17H24ClNO. The van der Waals surface area contributed by atoms with Gasteiger partial charge >= 0.3 is 0 Å². The fraction of sp³-hybridized carbons (Fsp3) is 0.529. The molecule has 0 bridgehead atoms. The van der Waals surface area contributed by atoms with Crippen molar-refractivity contribution in [3.8, 4) is 5.75 Å². The van der Waals surface area contributed by atoms with Gasteiger partial charge in [0.15, 0.2) is 0 Å². The normalized spacial score (nSPS) is 16.6. The number of hydrogen-bond acceptors (Lipinski definition) is 2. The van der Waals surface area contributed by atoms with Gasteiger partial charge in [0.25, 0.3) is 0 Å². The van der Waals surface area contributed by atoms with E-state index in [4.69, 9.17) is 16.3 Å². The summed E-state index contributed by atoms with van der Waals surface area (Å²) in [4.78, 5) is 0. The smallest absolute Gasteiger partial charge is 0.125 e. The Bertz CT molecular complexity index is 470. The van der Waals surface area contributed by atoms with Crippen LogP contribution in [0.4, 0.5) is 0 Å². The van der Waals surface area contributed by atoms with Gasteiger partial charge in [-0.05, 0) is 50.8 Å². The third-order valence-corrected chi connectivity index (χ3v) is 4.04. The van der Waals surface area contributed by atoms with Crippen molar-refractivity contribution in [2.75, 3.05) is 13.7 Å². The third-order valence-electron chi connectivity index (χ3n) is 3.80. The predicted molar refractivity (Wildman–Crippen MR) is 85.6 cm³/mol. The monoisotopic (exact) mass is 293 g/mol. The molecule has 0 saturated heterocycles. The number of benzene rings is 1. The van der Waals surface area contributed by atoms with E-state index in [-0.39, 0.29) is 6.04 Å². The summed E-state index contributed by atoms with van der Waals surface area (Å²) in [6, 6.07) is 6.19. The van der Waals surface area contributed by atoms with E-state index >= 15 is 0 Å². The van der Waals surface area contributed by atoms with Crippen LogP contribution >= 0.6 is 11.6 Å². The summed E-state index contributed by atoms with van der Waals surface area (Å²) in [6.45, 7) is 3.20. The van der Waals surface area contributed by atoms with Gasteiger partial charge in [0, 0.05) is 10.6 Å². The van der Waals surface area contributed by atoms with Crippen molar-refractivity contribution in [3.05, 3.63) is 40.4 Å². The van der Waals surface area contributed by atoms with Crippen LogP contribution in [0.5, 0.6) is 5.75 Å². The van der Waals surface area contributed by atoms with E-state index in [1.54, 1.807) is 7.11 Å². The first-order chi connectivity index (χ1) is 9.76. The number of methoxy groups -OCH3 is 1. The summed E-state index contributed by atoms with van der Waals surface area (Å²) in [5.41, 5.74) is 2.68. The maximum atomic E-state index is 6.08. The van der Waals surface area contributed by atoms with Crippen LogP contribution in [0.15, 0.2) is 29.8 Å². The van der Waals surface area contributed by atoms with E-state index in [9.17, 15) is 0 Å². The molecule has 0 heterocycles. The first-order valence-corrected chi connectivity index (χ1v) is 7.89. The fourth-order valence-corrected chi connectivity index (χ4v) is 2.94. The van der Waals surface area contributed by atoms with E-state index < -0.39 is 0 Å². The van der Waals surface area contributed by atoms with Crippen molar-refractivity contribution in [1.29, 1.82) is 0 Å². The average molecular weight is 294 g/mol. The molecule has 1 unspecified atom stereocenters. The molecule has 2 rings (SSSR count). The van der Waals surface area contributed by atoms with E-state index in [2.05, 4.69) is 24.4 Å². The van der Waals surface area contributed by atoms with Crippen molar-refractivity contribution >= 4 is 11.6 Å². The van der Waals surface area contributed by atoms with Gasteiger partial charge in [0.1, 0.15) is 5.75 Å². The summed E-state index contributed by atoms with van der Waals surface area (Å²) in [6.07, 6.45) is 8.47. The van der Waals surface area contributed by atoms with Crippen LogP contribution in [0, 0.1) is 0 Å². The van der Waals surface area contributed by atoms with Crippen molar-refractivity contribution < 1.29 is 4.74 Å². The Labute approximate surface area is 127 Å². The number of ether oxygens (including phenoxy) is 1. The fourth-order valence-electron chi connectivity index (χ4n) is 2.78. The largest absolute Gasteiger partial charge is 0.496 e. The minimum absolute atomic E-state index is 0.252. The Hall–Kier alpha value is -0.990. The van der Waals surface area contributed by atoms with Crippen molar-refractivity contribution in [1.82, 2.24) is 5.32 Å². The Morgan fingerprint density at radius 2 is 2.20 bits per heavy atom. The molecular weight excluding hydrogens is 270 g/mol. The zero-order valence-electron chi connectivity index (χ0n) is 12.4. The van der Waals surface area contributed by atoms with Crippen molar-refractivity contribution in [3.63, 3.8) is 0 Å². The first-order valence-electron chi connectivity index (χ1n) is 7.52. The van der Waals surface area contributed by atoms with Crippen LogP contribution in [0.1, 0.15) is 50.6 Å². The summed E-state index contributed by atoms with van der Waals surface area (Å²) in [5.74, 6) is 0.873. The van der Waals surface area contributed by atoms with Crippen LogP contribution in [-0.4, -0.2) is 13.7 Å². The summed E-state index contributed by atoms with van der Waals surface area (Å²) in [5, 5.41) is 4.38. The van der Waals surface area contributed by atoms with E-state index in [0.717, 1.165) is 23.7 Å². The van der Waals surface area contributed by atoms with Gasteiger partial charge in [-0.2, -0.15) is 0 Å². The summed E-state index contributed by atoms with van der Waals surface area (Å²) in [7, 11) is 1.71. The summed E-state index contributed by atoms with van der Waals surface area (Å²) >= 11 is 6.08. The van der Waals surface area contributed by atoms with E-state index in [1.807, 2.05) is 12.1 Å². The standard InChI is InChI=1S/C17H24ClNO/c1-3-11-19-17(13-7-5-4-6-8-13)15-10-9-14(18)12-16(15)20-2/h7,9-10,12,17,19H,3-6,8,11H2,1-2H3. The summed E-state index contributed by atoms with van der Waals surface area (Å²) < 4.78 is 5.53. The molecule has 0 aliphatic heterocycles. The van der Waals surface area contributed by atoms with Crippen molar-refractivity contribution in [2.45, 2.75) is 45.1 Å². The van der Waals surface area contributed by atoms with Gasteiger partial charge < -0.3 is 10.1 Å². The van der Waals surface area contributed by atoms with Crippen LogP contribution in [0.2, 0.25) is 5.02 Å². The zero-order valence-corrected chi connectivity index (χ0v) is 13.2. The van der Waals surface area contributed by atoms with Gasteiger partial charge in [-0.25, -0.2) is 0 Å². The van der Waals surface area contributed by atoms with Gasteiger partial charge in [-0.15, -0.1) is 0 Å². The van der Waals surface area contributed by atoms with E-state index in [0.29, 0.717) is 0 Å². The van der Waals surface area contributed by atoms with E-state index in [1.165, 1.54) is 36.8 Å². The molecule has 0 saturated carbocycles. The highest BCUT2D eigenvalue weighted by atomic mass is 35.5. The molecule has 1 N–H and O–H groups in total. The molecule has 1 aromatic carbocycles. The minimum atomic E-state index is 0.252. The Balaban J connectivity index is 2.32. The SMILES string of the molecule is CCCNC(C1=CCCCC1)c1ccc(Cl)cc1OC. The highest BCUT2D eigenvalue weighted by Crippen LogP contribution is 2.35. The number of rotatable bonds is 6. The molecule has 1 aliphatic rings. The second-order valence-electron chi connectivity index (χ2n) is 5.30. The van der Waals surface area contributed by atoms with Crippen LogP contribution in [0.3, 0.4) is 0 Å². The lowest BCUT2D eigenvalue weighted by Gasteiger charge is -2.26. The highest BCUT2D eigenvalue weighted by Gasteiger charge is 2.21. The highest BCUT2D eigenvalue weighted by molar-refractivity contribution is 6.30. The van der Waals surface area contributed by atoms with Gasteiger partial charge in [-0.3, -0.25) is 0 Å². The molecule has 1 atom stereocenters. The molecule has 2 nitrogen and oxygen atoms in total. The zero-order chi connectivity index (χ0) is 14.4. The second-order valence-corrected chi connectivity index (χ2v) is 5.73. The maximum absolute atomic E-state index is 6.08. The van der Waals surface area contributed by atoms with Gasteiger partial charge in [0.2, 0.25) is 0 Å². The number of hydrogen-bond donors (Lipinski definition) is 1. The topological polar surface area (TPSA) is 21.3 Å². The Morgan fingerprint density at radius 3 is 2.85 bits per heavy atom. The number of nitrogens with one attached hydrogen (secondary N) is 1. The molecule has 0 amide bonds. The predicted octanol–water partition coefficient (Wildman–Crippen LogP) is 4.89. The Morgan fingerprint density at radius 1 is 1.35 bits per heavy atom. The van der Waals surface area contributed by atoms with Crippen molar-refractivity contribution in [2.24, 2.45) is 0 Å². The molecule has 20 heavy (non-hydrogen) atoms. The van der Waals surface area contributed by atoms with Gasteiger partial charge in [-0.1, -0.05) is 36.2 Å². The van der Waals surface area contributed by atoms with Crippen LogP contribution in [0.25, 0.3) is 0 Å². The lowest BCUT2D eigenvalue weighted by molar-refractivity contribution is 0.402. The minimum Gasteiger partial charge on any atom is -0.496 e. The van der Waals surface area contributed by atoms with Crippen LogP contribution < -0.4 is 10.1 Å². The Kier molecular flexibility index (Phi) is 5.93. The molecule has 1 aliphatic carbocycles. The number of allylic oxidation sites excluding steroid dienone is 1. The lowest BCUT2D eigenvalue weighted by atomic mass is 9.89. The molecule has 0 fully saturated rings. The molecule has 3 heteroatoms. The molecule has 0 aromatic heterocycles. The number of halogens is 1. The average Bonchev–Trinajstić information content (AvgIpc) is 2.49. The maximum Gasteiger partial charge on any atom is 0.125 e. The quantitative estimate of drug-likeness (QED) is 0.754. The van der Waals surface area contributed by atoms with Gasteiger partial charge in [0.05, 0.1) is 13.2 Å². The third kappa shape index (κ3) is 3.77.